The Morgan fingerprint density at radius 3 is 1.80 bits per heavy atom. The van der Waals surface area contributed by atoms with Gasteiger partial charge >= 0.3 is 12.4 Å². The van der Waals surface area contributed by atoms with Crippen LogP contribution in [0.4, 0.5) is 37.7 Å². The Balaban J connectivity index is 1.89. The number of rotatable bonds is 7. The molecule has 3 aromatic rings. The molecule has 1 fully saturated rings. The SMILES string of the molecule is CCc1cc(Cl)c(N=C(c2cc(C(F)(F)F)cc(C(F)(F)F)c2)N2CCCN(C(C)=Nc3c(CC)cccc3CC)C2)c(CC)c1. The molecule has 3 aromatic carbocycles. The molecule has 4 nitrogen and oxygen atoms in total. The topological polar surface area (TPSA) is 31.2 Å². The summed E-state index contributed by atoms with van der Waals surface area (Å²) in [6, 6.07) is 11.3. The highest BCUT2D eigenvalue weighted by molar-refractivity contribution is 6.33. The number of alkyl halides is 6. The fourth-order valence-corrected chi connectivity index (χ4v) is 5.96. The third-order valence-corrected chi connectivity index (χ3v) is 8.54. The number of amidine groups is 2. The van der Waals surface area contributed by atoms with Crippen molar-refractivity contribution in [2.75, 3.05) is 19.8 Å². The molecule has 1 aliphatic rings. The molecular weight excluding hydrogens is 626 g/mol. The Morgan fingerprint density at radius 1 is 0.717 bits per heavy atom. The van der Waals surface area contributed by atoms with Gasteiger partial charge in [0.1, 0.15) is 11.7 Å². The van der Waals surface area contributed by atoms with Crippen LogP contribution in [-0.4, -0.2) is 41.2 Å². The minimum atomic E-state index is -5.00. The van der Waals surface area contributed by atoms with E-state index < -0.39 is 23.5 Å². The summed E-state index contributed by atoms with van der Waals surface area (Å²) in [5, 5.41) is 0.284. The Labute approximate surface area is 271 Å². The van der Waals surface area contributed by atoms with Gasteiger partial charge in [0, 0.05) is 18.7 Å². The highest BCUT2D eigenvalue weighted by Crippen LogP contribution is 2.38. The summed E-state index contributed by atoms with van der Waals surface area (Å²) in [6.07, 6.45) is -6.63. The molecule has 0 saturated carbocycles. The minimum absolute atomic E-state index is 0.0156. The first kappa shape index (κ1) is 35.3. The maximum Gasteiger partial charge on any atom is 0.416 e. The molecule has 11 heteroatoms. The van der Waals surface area contributed by atoms with Crippen molar-refractivity contribution in [3.8, 4) is 0 Å². The lowest BCUT2D eigenvalue weighted by Crippen LogP contribution is -2.49. The van der Waals surface area contributed by atoms with Crippen LogP contribution < -0.4 is 0 Å². The molecule has 1 saturated heterocycles. The highest BCUT2D eigenvalue weighted by atomic mass is 35.5. The molecular formula is C35H39ClF6N4. The first-order valence-electron chi connectivity index (χ1n) is 15.6. The van der Waals surface area contributed by atoms with Crippen LogP contribution in [0.15, 0.2) is 58.5 Å². The Hall–Kier alpha value is -3.53. The van der Waals surface area contributed by atoms with E-state index in [4.69, 9.17) is 21.6 Å². The molecule has 0 aromatic heterocycles. The molecule has 0 bridgehead atoms. The van der Waals surface area contributed by atoms with Crippen molar-refractivity contribution in [3.05, 3.63) is 92.5 Å². The fraction of sp³-hybridized carbons (Fsp3) is 0.429. The van der Waals surface area contributed by atoms with Gasteiger partial charge in [-0.1, -0.05) is 63.6 Å². The van der Waals surface area contributed by atoms with Gasteiger partial charge < -0.3 is 9.80 Å². The van der Waals surface area contributed by atoms with E-state index in [0.717, 1.165) is 52.9 Å². The van der Waals surface area contributed by atoms with Crippen LogP contribution in [0.25, 0.3) is 0 Å². The number of aliphatic imine (C=N–C) groups is 2. The molecule has 46 heavy (non-hydrogen) atoms. The summed E-state index contributed by atoms with van der Waals surface area (Å²) >= 11 is 6.68. The molecule has 0 N–H and O–H groups in total. The predicted molar refractivity (Wildman–Crippen MR) is 174 cm³/mol. The summed E-state index contributed by atoms with van der Waals surface area (Å²) in [7, 11) is 0. The average molecular weight is 665 g/mol. The molecule has 1 heterocycles. The van der Waals surface area contributed by atoms with Crippen molar-refractivity contribution >= 4 is 34.6 Å². The quantitative estimate of drug-likeness (QED) is 0.143. The van der Waals surface area contributed by atoms with Gasteiger partial charge in [-0.2, -0.15) is 26.3 Å². The van der Waals surface area contributed by atoms with Gasteiger partial charge in [0.25, 0.3) is 0 Å². The van der Waals surface area contributed by atoms with Gasteiger partial charge in [-0.05, 0) is 85.5 Å². The zero-order chi connectivity index (χ0) is 33.8. The van der Waals surface area contributed by atoms with E-state index in [1.54, 1.807) is 11.0 Å². The van der Waals surface area contributed by atoms with E-state index in [9.17, 15) is 26.3 Å². The number of hydrogen-bond acceptors (Lipinski definition) is 2. The van der Waals surface area contributed by atoms with Gasteiger partial charge in [-0.3, -0.25) is 0 Å². The molecule has 0 aliphatic carbocycles. The van der Waals surface area contributed by atoms with Gasteiger partial charge in [0.05, 0.1) is 34.2 Å². The number of halogens is 7. The van der Waals surface area contributed by atoms with E-state index in [0.29, 0.717) is 43.9 Å². The molecule has 0 unspecified atom stereocenters. The zero-order valence-electron chi connectivity index (χ0n) is 26.7. The lowest BCUT2D eigenvalue weighted by Gasteiger charge is -2.39. The van der Waals surface area contributed by atoms with Crippen LogP contribution in [0, 0.1) is 0 Å². The largest absolute Gasteiger partial charge is 0.416 e. The highest BCUT2D eigenvalue weighted by Gasteiger charge is 2.38. The summed E-state index contributed by atoms with van der Waals surface area (Å²) in [4.78, 5) is 13.5. The lowest BCUT2D eigenvalue weighted by atomic mass is 10.0. The Kier molecular flexibility index (Phi) is 11.1. The number of aryl methyl sites for hydroxylation is 4. The number of para-hydroxylation sites is 1. The second-order valence-corrected chi connectivity index (χ2v) is 11.7. The van der Waals surface area contributed by atoms with E-state index in [1.165, 1.54) is 0 Å². The molecule has 0 radical (unpaired) electrons. The summed E-state index contributed by atoms with van der Waals surface area (Å²) in [5.74, 6) is 0.678. The van der Waals surface area contributed by atoms with Crippen LogP contribution in [0.5, 0.6) is 0 Å². The zero-order valence-corrected chi connectivity index (χ0v) is 27.5. The van der Waals surface area contributed by atoms with E-state index in [2.05, 4.69) is 13.8 Å². The van der Waals surface area contributed by atoms with Crippen molar-refractivity contribution in [1.29, 1.82) is 0 Å². The Bertz CT molecular complexity index is 1560. The van der Waals surface area contributed by atoms with Gasteiger partial charge in [0.15, 0.2) is 0 Å². The molecule has 4 rings (SSSR count). The molecule has 0 amide bonds. The van der Waals surface area contributed by atoms with E-state index >= 15 is 0 Å². The normalized spacial score (nSPS) is 15.1. The maximum atomic E-state index is 14.0. The van der Waals surface area contributed by atoms with Crippen molar-refractivity contribution in [1.82, 2.24) is 9.80 Å². The number of hydrogen-bond donors (Lipinski definition) is 0. The molecule has 1 aliphatic heterocycles. The maximum absolute atomic E-state index is 14.0. The second kappa shape index (κ2) is 14.5. The number of nitrogens with zero attached hydrogens (tertiary/aromatic N) is 4. The van der Waals surface area contributed by atoms with Crippen LogP contribution in [0.2, 0.25) is 5.02 Å². The lowest BCUT2D eigenvalue weighted by molar-refractivity contribution is -0.143. The van der Waals surface area contributed by atoms with Crippen LogP contribution in [0.1, 0.15) is 80.0 Å². The first-order valence-corrected chi connectivity index (χ1v) is 15.9. The van der Waals surface area contributed by atoms with Crippen molar-refractivity contribution < 1.29 is 26.3 Å². The summed E-state index contributed by atoms with van der Waals surface area (Å²) in [6.45, 7) is 11.0. The van der Waals surface area contributed by atoms with Crippen LogP contribution in [-0.2, 0) is 38.0 Å². The van der Waals surface area contributed by atoms with Gasteiger partial charge in [0.2, 0.25) is 0 Å². The smallest absolute Gasteiger partial charge is 0.342 e. The van der Waals surface area contributed by atoms with Crippen molar-refractivity contribution in [2.24, 2.45) is 9.98 Å². The van der Waals surface area contributed by atoms with Gasteiger partial charge in [-0.15, -0.1) is 0 Å². The number of benzene rings is 3. The fourth-order valence-electron chi connectivity index (χ4n) is 5.65. The molecule has 0 atom stereocenters. The Morgan fingerprint density at radius 2 is 1.28 bits per heavy atom. The minimum Gasteiger partial charge on any atom is -0.342 e. The molecule has 248 valence electrons. The molecule has 0 spiro atoms. The summed E-state index contributed by atoms with van der Waals surface area (Å²) < 4.78 is 83.8. The third-order valence-electron chi connectivity index (χ3n) is 8.25. The van der Waals surface area contributed by atoms with E-state index in [1.807, 2.05) is 49.9 Å². The van der Waals surface area contributed by atoms with Crippen molar-refractivity contribution in [2.45, 2.75) is 79.1 Å². The standard InChI is InChI=1S/C35H39ClF6N4/c1-6-23-16-26(9-4)32(30(36)17-23)44-33(27-18-28(34(37,38)39)20-29(19-27)35(40,41)42)46-15-11-14-45(21-46)22(5)43-31-24(7-2)12-10-13-25(31)8-3/h10,12-13,16-20H,6-9,11,14-15,21H2,1-5H3. The third kappa shape index (κ3) is 8.06. The average Bonchev–Trinajstić information content (AvgIpc) is 3.02. The van der Waals surface area contributed by atoms with Gasteiger partial charge in [-0.25, -0.2) is 9.98 Å². The van der Waals surface area contributed by atoms with Crippen LogP contribution in [0.3, 0.4) is 0 Å². The second-order valence-electron chi connectivity index (χ2n) is 11.3. The first-order chi connectivity index (χ1) is 21.7. The van der Waals surface area contributed by atoms with Crippen LogP contribution >= 0.6 is 11.6 Å². The van der Waals surface area contributed by atoms with E-state index in [-0.39, 0.29) is 29.2 Å². The monoisotopic (exact) mass is 664 g/mol. The predicted octanol–water partition coefficient (Wildman–Crippen LogP) is 10.4. The summed E-state index contributed by atoms with van der Waals surface area (Å²) in [5.41, 5.74) is 2.02. The van der Waals surface area contributed by atoms with Crippen molar-refractivity contribution in [3.63, 3.8) is 0 Å².